The molecule has 1 aromatic heterocycles. The fourth-order valence-electron chi connectivity index (χ4n) is 2.74. The zero-order valence-corrected chi connectivity index (χ0v) is 12.2. The summed E-state index contributed by atoms with van der Waals surface area (Å²) in [4.78, 5) is 9.16. The molecule has 2 saturated heterocycles. The van der Waals surface area contributed by atoms with Crippen LogP contribution in [0.4, 0.5) is 0 Å². The van der Waals surface area contributed by atoms with E-state index in [4.69, 9.17) is 9.26 Å². The number of ether oxygens (including phenoxy) is 1. The number of rotatable bonds is 3. The van der Waals surface area contributed by atoms with Crippen molar-refractivity contribution in [2.24, 2.45) is 0 Å². The van der Waals surface area contributed by atoms with Gasteiger partial charge >= 0.3 is 0 Å². The van der Waals surface area contributed by atoms with Crippen LogP contribution in [-0.2, 0) is 11.2 Å². The lowest BCUT2D eigenvalue weighted by molar-refractivity contribution is 0.0744. The molecule has 0 saturated carbocycles. The summed E-state index contributed by atoms with van der Waals surface area (Å²) in [7, 11) is 4.24. The van der Waals surface area contributed by atoms with Gasteiger partial charge in [-0.25, -0.2) is 0 Å². The van der Waals surface area contributed by atoms with E-state index in [1.54, 1.807) is 0 Å². The molecule has 0 bridgehead atoms. The lowest BCUT2D eigenvalue weighted by Crippen LogP contribution is -2.45. The number of nitrogens with one attached hydrogen (secondary N) is 1. The molecule has 0 aliphatic carbocycles. The molecule has 2 unspecified atom stereocenters. The largest absolute Gasteiger partial charge is 0.378 e. The van der Waals surface area contributed by atoms with Crippen LogP contribution in [0, 0.1) is 0 Å². The second-order valence-electron chi connectivity index (χ2n) is 5.74. The van der Waals surface area contributed by atoms with Crippen molar-refractivity contribution in [2.75, 3.05) is 53.5 Å². The first-order chi connectivity index (χ1) is 9.72. The number of morpholine rings is 1. The van der Waals surface area contributed by atoms with E-state index in [1.165, 1.54) is 0 Å². The Morgan fingerprint density at radius 3 is 3.05 bits per heavy atom. The van der Waals surface area contributed by atoms with E-state index in [1.807, 2.05) is 0 Å². The first-order valence-corrected chi connectivity index (χ1v) is 7.25. The lowest BCUT2D eigenvalue weighted by Gasteiger charge is -2.35. The van der Waals surface area contributed by atoms with Gasteiger partial charge in [-0.1, -0.05) is 5.16 Å². The minimum absolute atomic E-state index is 0.224. The summed E-state index contributed by atoms with van der Waals surface area (Å²) in [5, 5.41) is 7.57. The molecule has 0 amide bonds. The van der Waals surface area contributed by atoms with Crippen molar-refractivity contribution >= 4 is 0 Å². The van der Waals surface area contributed by atoms with E-state index in [0.717, 1.165) is 45.0 Å². The monoisotopic (exact) mass is 281 g/mol. The number of nitrogens with zero attached hydrogens (tertiary/aromatic N) is 4. The number of hydrogen-bond acceptors (Lipinski definition) is 7. The molecule has 7 heteroatoms. The van der Waals surface area contributed by atoms with Crippen LogP contribution in [0.5, 0.6) is 0 Å². The minimum atomic E-state index is 0.224. The van der Waals surface area contributed by atoms with Crippen LogP contribution in [0.2, 0.25) is 0 Å². The summed E-state index contributed by atoms with van der Waals surface area (Å²) in [6, 6.07) is 0.505. The molecule has 2 aliphatic heterocycles. The number of aromatic nitrogens is 2. The molecule has 1 N–H and O–H groups in total. The number of hydrogen-bond donors (Lipinski definition) is 1. The van der Waals surface area contributed by atoms with Gasteiger partial charge < -0.3 is 19.5 Å². The van der Waals surface area contributed by atoms with Crippen LogP contribution in [0.15, 0.2) is 4.52 Å². The van der Waals surface area contributed by atoms with Crippen molar-refractivity contribution < 1.29 is 9.26 Å². The van der Waals surface area contributed by atoms with Gasteiger partial charge in [-0.3, -0.25) is 4.90 Å². The van der Waals surface area contributed by atoms with Gasteiger partial charge in [0.25, 0.3) is 0 Å². The van der Waals surface area contributed by atoms with Crippen molar-refractivity contribution in [1.82, 2.24) is 25.3 Å². The molecule has 1 aromatic rings. The first-order valence-electron chi connectivity index (χ1n) is 7.25. The lowest BCUT2D eigenvalue weighted by atomic mass is 10.1. The predicted octanol–water partition coefficient (Wildman–Crippen LogP) is -0.481. The highest BCUT2D eigenvalue weighted by Crippen LogP contribution is 2.21. The Hall–Kier alpha value is -1.02. The second-order valence-corrected chi connectivity index (χ2v) is 5.74. The summed E-state index contributed by atoms with van der Waals surface area (Å²) in [6.45, 7) is 5.45. The Labute approximate surface area is 119 Å². The Morgan fingerprint density at radius 1 is 1.35 bits per heavy atom. The third kappa shape index (κ3) is 3.17. The van der Waals surface area contributed by atoms with Gasteiger partial charge in [-0.15, -0.1) is 0 Å². The molecule has 20 heavy (non-hydrogen) atoms. The first kappa shape index (κ1) is 13.9. The quantitative estimate of drug-likeness (QED) is 0.802. The topological polar surface area (TPSA) is 66.7 Å². The smallest absolute Gasteiger partial charge is 0.228 e. The molecule has 0 aromatic carbocycles. The van der Waals surface area contributed by atoms with Crippen molar-refractivity contribution in [2.45, 2.75) is 18.5 Å². The van der Waals surface area contributed by atoms with Crippen molar-refractivity contribution in [3.8, 4) is 0 Å². The van der Waals surface area contributed by atoms with Crippen molar-refractivity contribution in [3.63, 3.8) is 0 Å². The highest BCUT2D eigenvalue weighted by Gasteiger charge is 2.28. The second kappa shape index (κ2) is 6.17. The van der Waals surface area contributed by atoms with Gasteiger partial charge in [-0.2, -0.15) is 4.98 Å². The highest BCUT2D eigenvalue weighted by molar-refractivity contribution is 4.99. The third-order valence-electron chi connectivity index (χ3n) is 4.05. The van der Waals surface area contributed by atoms with Crippen molar-refractivity contribution in [3.05, 3.63) is 11.7 Å². The molecule has 2 aliphatic rings. The molecule has 2 fully saturated rings. The molecule has 2 atom stereocenters. The normalized spacial score (nSPS) is 29.7. The molecule has 7 nitrogen and oxygen atoms in total. The van der Waals surface area contributed by atoms with Gasteiger partial charge in [-0.05, 0) is 14.1 Å². The Balaban J connectivity index is 1.63. The van der Waals surface area contributed by atoms with Gasteiger partial charge in [0.15, 0.2) is 5.82 Å². The molecular weight excluding hydrogens is 258 g/mol. The molecule has 0 spiro atoms. The maximum absolute atomic E-state index is 5.44. The zero-order chi connectivity index (χ0) is 13.9. The summed E-state index contributed by atoms with van der Waals surface area (Å²) in [6.07, 6.45) is 0.735. The molecular formula is C13H23N5O2. The fraction of sp³-hybridized carbons (Fsp3) is 0.846. The van der Waals surface area contributed by atoms with Gasteiger partial charge in [0.2, 0.25) is 5.89 Å². The maximum Gasteiger partial charge on any atom is 0.228 e. The van der Waals surface area contributed by atoms with E-state index >= 15 is 0 Å². The van der Waals surface area contributed by atoms with Gasteiger partial charge in [0.1, 0.15) is 0 Å². The number of likely N-dealkylation sites (N-methyl/N-ethyl adjacent to an activating group) is 2. The molecule has 3 rings (SSSR count). The standard InChI is InChI=1S/C13H23N5O2/c1-17-4-5-18(2)11(8-17)13-15-12(20-16-13)7-10-9-19-6-3-14-10/h10-11,14H,3-9H2,1-2H3. The third-order valence-corrected chi connectivity index (χ3v) is 4.05. The highest BCUT2D eigenvalue weighted by atomic mass is 16.5. The van der Waals surface area contributed by atoms with Crippen LogP contribution in [0.3, 0.4) is 0 Å². The van der Waals surface area contributed by atoms with E-state index in [0.29, 0.717) is 12.5 Å². The average molecular weight is 281 g/mol. The van der Waals surface area contributed by atoms with Crippen molar-refractivity contribution in [1.29, 1.82) is 0 Å². The SMILES string of the molecule is CN1CCN(C)C(c2noc(CC3COCCN3)n2)C1. The van der Waals surface area contributed by atoms with Crippen LogP contribution in [0.25, 0.3) is 0 Å². The summed E-state index contributed by atoms with van der Waals surface area (Å²) in [5.41, 5.74) is 0. The van der Waals surface area contributed by atoms with Crippen LogP contribution in [-0.4, -0.2) is 79.5 Å². The number of piperazine rings is 1. The van der Waals surface area contributed by atoms with Crippen LogP contribution in [0.1, 0.15) is 17.8 Å². The minimum Gasteiger partial charge on any atom is -0.378 e. The summed E-state index contributed by atoms with van der Waals surface area (Å²) in [5.74, 6) is 1.50. The van der Waals surface area contributed by atoms with E-state index in [2.05, 4.69) is 39.4 Å². The zero-order valence-electron chi connectivity index (χ0n) is 12.2. The Kier molecular flexibility index (Phi) is 4.30. The van der Waals surface area contributed by atoms with Gasteiger partial charge in [0, 0.05) is 38.6 Å². The Morgan fingerprint density at radius 2 is 2.25 bits per heavy atom. The van der Waals surface area contributed by atoms with Crippen LogP contribution < -0.4 is 5.32 Å². The van der Waals surface area contributed by atoms with E-state index in [9.17, 15) is 0 Å². The van der Waals surface area contributed by atoms with Crippen LogP contribution >= 0.6 is 0 Å². The maximum atomic E-state index is 5.44. The van der Waals surface area contributed by atoms with Gasteiger partial charge in [0.05, 0.1) is 19.3 Å². The average Bonchev–Trinajstić information content (AvgIpc) is 2.91. The van der Waals surface area contributed by atoms with E-state index in [-0.39, 0.29) is 12.1 Å². The fourth-order valence-corrected chi connectivity index (χ4v) is 2.74. The van der Waals surface area contributed by atoms with E-state index < -0.39 is 0 Å². The summed E-state index contributed by atoms with van der Waals surface area (Å²) >= 11 is 0. The summed E-state index contributed by atoms with van der Waals surface area (Å²) < 4.78 is 10.8. The molecule has 112 valence electrons. The molecule has 0 radical (unpaired) electrons. The molecule has 3 heterocycles. The Bertz CT molecular complexity index is 432. The predicted molar refractivity (Wildman–Crippen MR) is 73.5 cm³/mol.